The number of rotatable bonds is 6. The lowest BCUT2D eigenvalue weighted by molar-refractivity contribution is -0.114. The highest BCUT2D eigenvalue weighted by molar-refractivity contribution is 6.22. The first kappa shape index (κ1) is 22.9. The van der Waals surface area contributed by atoms with Crippen molar-refractivity contribution in [2.45, 2.75) is 32.7 Å². The normalized spacial score (nSPS) is 14.8. The highest BCUT2D eigenvalue weighted by Gasteiger charge is 2.19. The number of aliphatic imine (C=N–C) groups is 1. The second-order valence-corrected chi connectivity index (χ2v) is 9.12. The van der Waals surface area contributed by atoms with Gasteiger partial charge in [0.1, 0.15) is 0 Å². The number of nitrogens with one attached hydrogen (secondary N) is 2. The van der Waals surface area contributed by atoms with E-state index in [1.165, 1.54) is 44.8 Å². The Labute approximate surface area is 205 Å². The van der Waals surface area contributed by atoms with Crippen molar-refractivity contribution < 1.29 is 9.90 Å². The fourth-order valence-corrected chi connectivity index (χ4v) is 4.74. The molecule has 1 aliphatic heterocycles. The third kappa shape index (κ3) is 5.28. The van der Waals surface area contributed by atoms with Crippen molar-refractivity contribution in [2.75, 3.05) is 18.4 Å². The van der Waals surface area contributed by atoms with Crippen LogP contribution < -0.4 is 5.32 Å². The minimum absolute atomic E-state index is 0.0456. The molecule has 4 aromatic rings. The van der Waals surface area contributed by atoms with Gasteiger partial charge in [0.15, 0.2) is 5.88 Å². The summed E-state index contributed by atoms with van der Waals surface area (Å²) in [7, 11) is 0. The number of hydrogen-bond acceptors (Lipinski definition) is 4. The monoisotopic (exact) mass is 466 g/mol. The van der Waals surface area contributed by atoms with Gasteiger partial charge in [-0.1, -0.05) is 48.9 Å². The molecular formula is C29H30N4O2. The van der Waals surface area contributed by atoms with E-state index < -0.39 is 0 Å². The van der Waals surface area contributed by atoms with Gasteiger partial charge in [-0.05, 0) is 61.8 Å². The summed E-state index contributed by atoms with van der Waals surface area (Å²) < 4.78 is 0. The smallest absolute Gasteiger partial charge is 0.221 e. The van der Waals surface area contributed by atoms with Crippen molar-refractivity contribution in [3.8, 4) is 5.88 Å². The van der Waals surface area contributed by atoms with E-state index in [1.807, 2.05) is 60.7 Å². The summed E-state index contributed by atoms with van der Waals surface area (Å²) >= 11 is 0. The van der Waals surface area contributed by atoms with Crippen molar-refractivity contribution in [2.24, 2.45) is 4.99 Å². The third-order valence-electron chi connectivity index (χ3n) is 6.42. The summed E-state index contributed by atoms with van der Waals surface area (Å²) in [6, 6.07) is 23.7. The molecule has 2 heterocycles. The molecule has 1 amide bonds. The van der Waals surface area contributed by atoms with Gasteiger partial charge in [-0.15, -0.1) is 0 Å². The van der Waals surface area contributed by atoms with Crippen LogP contribution in [0.5, 0.6) is 5.88 Å². The molecule has 3 aromatic carbocycles. The molecule has 0 bridgehead atoms. The average molecular weight is 467 g/mol. The molecule has 0 unspecified atom stereocenters. The number of H-pyrrole nitrogens is 1. The summed E-state index contributed by atoms with van der Waals surface area (Å²) in [5, 5.41) is 14.5. The first-order chi connectivity index (χ1) is 17.1. The van der Waals surface area contributed by atoms with Crippen LogP contribution in [0.15, 0.2) is 77.8 Å². The molecule has 3 N–H and O–H groups in total. The average Bonchev–Trinajstić information content (AvgIpc) is 3.19. The van der Waals surface area contributed by atoms with Gasteiger partial charge in [0.05, 0.1) is 17.0 Å². The molecule has 1 fully saturated rings. The van der Waals surface area contributed by atoms with E-state index in [0.29, 0.717) is 17.0 Å². The highest BCUT2D eigenvalue weighted by Crippen LogP contribution is 2.33. The molecule has 6 heteroatoms. The summed E-state index contributed by atoms with van der Waals surface area (Å²) in [6.45, 7) is 4.77. The zero-order chi connectivity index (χ0) is 24.2. The van der Waals surface area contributed by atoms with Crippen LogP contribution in [0.25, 0.3) is 10.9 Å². The SMILES string of the molecule is CC(=O)Nc1ccc2[nH]c(O)c(C(=Nc3ccc(CN4CCCCC4)cc3)c3ccccc3)c2c1. The van der Waals surface area contributed by atoms with Gasteiger partial charge in [-0.2, -0.15) is 0 Å². The summed E-state index contributed by atoms with van der Waals surface area (Å²) in [5.41, 5.74) is 5.70. The molecule has 0 spiro atoms. The number of carbonyl (C=O) groups is 1. The summed E-state index contributed by atoms with van der Waals surface area (Å²) in [6.07, 6.45) is 3.89. The summed E-state index contributed by atoms with van der Waals surface area (Å²) in [4.78, 5) is 22.2. The quantitative estimate of drug-likeness (QED) is 0.306. The molecule has 0 saturated carbocycles. The van der Waals surface area contributed by atoms with Crippen molar-refractivity contribution >= 4 is 33.9 Å². The zero-order valence-electron chi connectivity index (χ0n) is 19.9. The Kier molecular flexibility index (Phi) is 6.64. The van der Waals surface area contributed by atoms with Gasteiger partial charge in [0, 0.05) is 35.6 Å². The Balaban J connectivity index is 1.54. The van der Waals surface area contributed by atoms with Crippen LogP contribution in [0.3, 0.4) is 0 Å². The Hall–Kier alpha value is -3.90. The number of piperidine rings is 1. The molecule has 1 saturated heterocycles. The number of fused-ring (bicyclic) bond motifs is 1. The Morgan fingerprint density at radius 2 is 1.74 bits per heavy atom. The highest BCUT2D eigenvalue weighted by atomic mass is 16.3. The molecule has 178 valence electrons. The fraction of sp³-hybridized carbons (Fsp3) is 0.241. The molecule has 6 nitrogen and oxygen atoms in total. The Bertz CT molecular complexity index is 1350. The minimum atomic E-state index is -0.146. The fourth-order valence-electron chi connectivity index (χ4n) is 4.74. The number of carbonyl (C=O) groups excluding carboxylic acids is 1. The number of nitrogens with zero attached hydrogens (tertiary/aromatic N) is 2. The first-order valence-electron chi connectivity index (χ1n) is 12.1. The van der Waals surface area contributed by atoms with E-state index in [0.717, 1.165) is 28.7 Å². The molecule has 5 rings (SSSR count). The number of aromatic amines is 1. The lowest BCUT2D eigenvalue weighted by atomic mass is 10.0. The van der Waals surface area contributed by atoms with Crippen molar-refractivity contribution in [3.05, 3.63) is 89.5 Å². The van der Waals surface area contributed by atoms with Crippen LogP contribution in [0.4, 0.5) is 11.4 Å². The first-order valence-corrected chi connectivity index (χ1v) is 12.1. The van der Waals surface area contributed by atoms with Gasteiger partial charge in [-0.3, -0.25) is 9.69 Å². The molecule has 0 radical (unpaired) electrons. The van der Waals surface area contributed by atoms with Crippen LogP contribution >= 0.6 is 0 Å². The third-order valence-corrected chi connectivity index (χ3v) is 6.42. The molecular weight excluding hydrogens is 436 g/mol. The molecule has 1 aliphatic rings. The van der Waals surface area contributed by atoms with E-state index in [2.05, 4.69) is 27.3 Å². The van der Waals surface area contributed by atoms with E-state index in [4.69, 9.17) is 4.99 Å². The van der Waals surface area contributed by atoms with Crippen LogP contribution in [-0.4, -0.2) is 39.7 Å². The second-order valence-electron chi connectivity index (χ2n) is 9.12. The van der Waals surface area contributed by atoms with E-state index in [1.54, 1.807) is 0 Å². The molecule has 0 atom stereocenters. The zero-order valence-corrected chi connectivity index (χ0v) is 19.9. The van der Waals surface area contributed by atoms with Crippen molar-refractivity contribution in [1.29, 1.82) is 0 Å². The predicted molar refractivity (Wildman–Crippen MR) is 142 cm³/mol. The molecule has 35 heavy (non-hydrogen) atoms. The van der Waals surface area contributed by atoms with E-state index in [9.17, 15) is 9.90 Å². The Morgan fingerprint density at radius 1 is 1.00 bits per heavy atom. The Morgan fingerprint density at radius 3 is 2.46 bits per heavy atom. The molecule has 0 aliphatic carbocycles. The van der Waals surface area contributed by atoms with Crippen molar-refractivity contribution in [1.82, 2.24) is 9.88 Å². The standard InChI is InChI=1S/C29H30N4O2/c1-20(34)30-24-14-15-26-25(18-24)27(29(35)32-26)28(22-8-4-2-5-9-22)31-23-12-10-21(11-13-23)19-33-16-6-3-7-17-33/h2,4-5,8-15,18,32,35H,3,6-7,16-17,19H2,1H3,(H,30,34). The summed E-state index contributed by atoms with van der Waals surface area (Å²) in [5.74, 6) is -0.100. The topological polar surface area (TPSA) is 80.7 Å². The van der Waals surface area contributed by atoms with Gasteiger partial charge in [0.25, 0.3) is 0 Å². The van der Waals surface area contributed by atoms with Gasteiger partial charge < -0.3 is 15.4 Å². The van der Waals surface area contributed by atoms with Crippen molar-refractivity contribution in [3.63, 3.8) is 0 Å². The maximum Gasteiger partial charge on any atom is 0.221 e. The number of aromatic hydroxyl groups is 1. The van der Waals surface area contributed by atoms with E-state index in [-0.39, 0.29) is 11.8 Å². The number of aromatic nitrogens is 1. The van der Waals surface area contributed by atoms with Crippen LogP contribution in [-0.2, 0) is 11.3 Å². The van der Waals surface area contributed by atoms with Crippen LogP contribution in [0, 0.1) is 0 Å². The lowest BCUT2D eigenvalue weighted by Crippen LogP contribution is -2.28. The van der Waals surface area contributed by atoms with Crippen LogP contribution in [0.2, 0.25) is 0 Å². The van der Waals surface area contributed by atoms with Crippen LogP contribution in [0.1, 0.15) is 42.9 Å². The maximum absolute atomic E-state index is 11.6. The number of amides is 1. The lowest BCUT2D eigenvalue weighted by Gasteiger charge is -2.26. The van der Waals surface area contributed by atoms with E-state index >= 15 is 0 Å². The predicted octanol–water partition coefficient (Wildman–Crippen LogP) is 5.99. The number of anilines is 1. The second kappa shape index (κ2) is 10.2. The number of hydrogen-bond donors (Lipinski definition) is 3. The number of benzene rings is 3. The molecule has 1 aromatic heterocycles. The van der Waals surface area contributed by atoms with Gasteiger partial charge in [0.2, 0.25) is 5.91 Å². The minimum Gasteiger partial charge on any atom is -0.494 e. The largest absolute Gasteiger partial charge is 0.494 e. The maximum atomic E-state index is 11.6. The van der Waals surface area contributed by atoms with Gasteiger partial charge >= 0.3 is 0 Å². The van der Waals surface area contributed by atoms with Gasteiger partial charge in [-0.25, -0.2) is 4.99 Å². The number of likely N-dealkylation sites (tertiary alicyclic amines) is 1.